The van der Waals surface area contributed by atoms with Crippen molar-refractivity contribution in [2.24, 2.45) is 0 Å². The van der Waals surface area contributed by atoms with E-state index in [4.69, 9.17) is 14.6 Å². The third-order valence-electron chi connectivity index (χ3n) is 4.11. The molecule has 0 aliphatic heterocycles. The van der Waals surface area contributed by atoms with Crippen LogP contribution >= 0.6 is 0 Å². The molecule has 0 bridgehead atoms. The van der Waals surface area contributed by atoms with Crippen LogP contribution in [0, 0.1) is 13.8 Å². The number of hydrogen-bond acceptors (Lipinski definition) is 4. The summed E-state index contributed by atoms with van der Waals surface area (Å²) < 4.78 is 10.8. The van der Waals surface area contributed by atoms with E-state index in [0.717, 1.165) is 22.4 Å². The second kappa shape index (κ2) is 9.62. The lowest BCUT2D eigenvalue weighted by Crippen LogP contribution is -2.23. The van der Waals surface area contributed by atoms with Crippen LogP contribution in [0.5, 0.6) is 11.5 Å². The molecule has 0 spiro atoms. The van der Waals surface area contributed by atoms with Crippen molar-refractivity contribution in [3.8, 4) is 11.5 Å². The van der Waals surface area contributed by atoms with Gasteiger partial charge in [-0.15, -0.1) is 0 Å². The van der Waals surface area contributed by atoms with E-state index in [2.05, 4.69) is 5.32 Å². The molecule has 0 aliphatic rings. The third-order valence-corrected chi connectivity index (χ3v) is 4.11. The van der Waals surface area contributed by atoms with Crippen molar-refractivity contribution in [3.05, 3.63) is 58.7 Å². The lowest BCUT2D eigenvalue weighted by atomic mass is 10.0. The number of benzene rings is 2. The van der Waals surface area contributed by atoms with E-state index < -0.39 is 5.97 Å². The van der Waals surface area contributed by atoms with Gasteiger partial charge in [0.2, 0.25) is 0 Å². The predicted octanol–water partition coefficient (Wildman–Crippen LogP) is 3.49. The van der Waals surface area contributed by atoms with Gasteiger partial charge in [-0.2, -0.15) is 0 Å². The minimum absolute atomic E-state index is 0.0917. The molecule has 1 amide bonds. The summed E-state index contributed by atoms with van der Waals surface area (Å²) in [6, 6.07) is 11.0. The summed E-state index contributed by atoms with van der Waals surface area (Å²) in [6.45, 7) is 4.59. The highest BCUT2D eigenvalue weighted by molar-refractivity contribution is 5.94. The van der Waals surface area contributed by atoms with E-state index in [1.165, 1.54) is 0 Å². The zero-order valence-electron chi connectivity index (χ0n) is 15.9. The second-order valence-electron chi connectivity index (χ2n) is 6.32. The highest BCUT2D eigenvalue weighted by atomic mass is 16.5. The maximum Gasteiger partial charge on any atom is 0.303 e. The molecule has 0 unspecified atom stereocenters. The van der Waals surface area contributed by atoms with Gasteiger partial charge in [-0.25, -0.2) is 0 Å². The van der Waals surface area contributed by atoms with E-state index in [0.29, 0.717) is 30.9 Å². The van der Waals surface area contributed by atoms with Crippen LogP contribution < -0.4 is 14.8 Å². The van der Waals surface area contributed by atoms with Crippen LogP contribution in [0.1, 0.15) is 39.9 Å². The number of aliphatic carboxylic acids is 1. The summed E-state index contributed by atoms with van der Waals surface area (Å²) in [7, 11) is 1.62. The van der Waals surface area contributed by atoms with Gasteiger partial charge in [-0.3, -0.25) is 9.59 Å². The Bertz CT molecular complexity index is 776. The number of hydrogen-bond donors (Lipinski definition) is 2. The molecule has 2 aromatic carbocycles. The molecule has 0 fully saturated rings. The Morgan fingerprint density at radius 2 is 1.70 bits per heavy atom. The van der Waals surface area contributed by atoms with Crippen LogP contribution in [0.25, 0.3) is 0 Å². The molecule has 27 heavy (non-hydrogen) atoms. The molecular weight excluding hydrogens is 346 g/mol. The number of aryl methyl sites for hydroxylation is 2. The summed E-state index contributed by atoms with van der Waals surface area (Å²) in [5.41, 5.74) is 3.39. The summed E-state index contributed by atoms with van der Waals surface area (Å²) >= 11 is 0. The van der Waals surface area contributed by atoms with Gasteiger partial charge in [0.1, 0.15) is 11.5 Å². The number of carboxylic acid groups (broad SMARTS) is 1. The summed E-state index contributed by atoms with van der Waals surface area (Å²) in [5.74, 6) is 0.507. The smallest absolute Gasteiger partial charge is 0.303 e. The number of amides is 1. The molecule has 0 saturated carbocycles. The molecular formula is C21H25NO5. The SMILES string of the molecule is COc1c(C)cc(C(=O)NCc2ccc(OCCCC(=O)O)cc2)cc1C. The van der Waals surface area contributed by atoms with Crippen LogP contribution in [-0.2, 0) is 11.3 Å². The minimum atomic E-state index is -0.827. The van der Waals surface area contributed by atoms with Gasteiger partial charge < -0.3 is 19.9 Å². The minimum Gasteiger partial charge on any atom is -0.496 e. The van der Waals surface area contributed by atoms with Crippen LogP contribution in [0.2, 0.25) is 0 Å². The highest BCUT2D eigenvalue weighted by Crippen LogP contribution is 2.24. The van der Waals surface area contributed by atoms with Crippen molar-refractivity contribution in [3.63, 3.8) is 0 Å². The van der Waals surface area contributed by atoms with Crippen molar-refractivity contribution in [2.75, 3.05) is 13.7 Å². The molecule has 0 aromatic heterocycles. The van der Waals surface area contributed by atoms with Gasteiger partial charge in [0.05, 0.1) is 13.7 Å². The first-order chi connectivity index (χ1) is 12.9. The molecule has 0 heterocycles. The van der Waals surface area contributed by atoms with Crippen molar-refractivity contribution in [2.45, 2.75) is 33.2 Å². The van der Waals surface area contributed by atoms with E-state index in [9.17, 15) is 9.59 Å². The first-order valence-electron chi connectivity index (χ1n) is 8.77. The summed E-state index contributed by atoms with van der Waals surface area (Å²) in [5, 5.41) is 11.5. The lowest BCUT2D eigenvalue weighted by Gasteiger charge is -2.12. The van der Waals surface area contributed by atoms with E-state index in [-0.39, 0.29) is 12.3 Å². The van der Waals surface area contributed by atoms with Gasteiger partial charge in [0.25, 0.3) is 5.91 Å². The molecule has 0 saturated heterocycles. The Kier molecular flexibility index (Phi) is 7.23. The van der Waals surface area contributed by atoms with Crippen molar-refractivity contribution >= 4 is 11.9 Å². The molecule has 2 N–H and O–H groups in total. The monoisotopic (exact) mass is 371 g/mol. The number of methoxy groups -OCH3 is 1. The quantitative estimate of drug-likeness (QED) is 0.659. The highest BCUT2D eigenvalue weighted by Gasteiger charge is 2.11. The van der Waals surface area contributed by atoms with Crippen LogP contribution in [0.4, 0.5) is 0 Å². The summed E-state index contributed by atoms with van der Waals surface area (Å²) in [4.78, 5) is 22.9. The number of ether oxygens (including phenoxy) is 2. The Morgan fingerprint density at radius 1 is 1.07 bits per heavy atom. The zero-order chi connectivity index (χ0) is 19.8. The fraction of sp³-hybridized carbons (Fsp3) is 0.333. The molecule has 0 atom stereocenters. The lowest BCUT2D eigenvalue weighted by molar-refractivity contribution is -0.137. The average Bonchev–Trinajstić information content (AvgIpc) is 2.63. The fourth-order valence-corrected chi connectivity index (χ4v) is 2.80. The normalized spacial score (nSPS) is 10.3. The number of carbonyl (C=O) groups is 2. The average molecular weight is 371 g/mol. The van der Waals surface area contributed by atoms with Gasteiger partial charge in [-0.05, 0) is 61.2 Å². The zero-order valence-corrected chi connectivity index (χ0v) is 15.9. The van der Waals surface area contributed by atoms with Gasteiger partial charge in [-0.1, -0.05) is 12.1 Å². The molecule has 2 rings (SSSR count). The number of carbonyl (C=O) groups excluding carboxylic acids is 1. The van der Waals surface area contributed by atoms with Gasteiger partial charge in [0, 0.05) is 18.5 Å². The van der Waals surface area contributed by atoms with E-state index in [1.54, 1.807) is 7.11 Å². The van der Waals surface area contributed by atoms with Crippen molar-refractivity contribution < 1.29 is 24.2 Å². The van der Waals surface area contributed by atoms with Crippen molar-refractivity contribution in [1.29, 1.82) is 0 Å². The molecule has 144 valence electrons. The van der Waals surface area contributed by atoms with Crippen LogP contribution in [0.3, 0.4) is 0 Å². The van der Waals surface area contributed by atoms with Crippen molar-refractivity contribution in [1.82, 2.24) is 5.32 Å². The topological polar surface area (TPSA) is 84.9 Å². The van der Waals surface area contributed by atoms with Gasteiger partial charge >= 0.3 is 5.97 Å². The maximum absolute atomic E-state index is 12.4. The Morgan fingerprint density at radius 3 is 2.26 bits per heavy atom. The van der Waals surface area contributed by atoms with E-state index >= 15 is 0 Å². The number of carboxylic acids is 1. The third kappa shape index (κ3) is 6.02. The first kappa shape index (κ1) is 20.3. The van der Waals surface area contributed by atoms with Crippen LogP contribution in [0.15, 0.2) is 36.4 Å². The molecule has 6 heteroatoms. The Labute approximate surface area is 159 Å². The van der Waals surface area contributed by atoms with Gasteiger partial charge in [0.15, 0.2) is 0 Å². The molecule has 6 nitrogen and oxygen atoms in total. The number of nitrogens with one attached hydrogen (secondary N) is 1. The fourth-order valence-electron chi connectivity index (χ4n) is 2.80. The Balaban J connectivity index is 1.87. The predicted molar refractivity (Wildman–Crippen MR) is 102 cm³/mol. The molecule has 2 aromatic rings. The largest absolute Gasteiger partial charge is 0.496 e. The first-order valence-corrected chi connectivity index (χ1v) is 8.77. The Hall–Kier alpha value is -3.02. The summed E-state index contributed by atoms with van der Waals surface area (Å²) in [6.07, 6.45) is 0.558. The van der Waals surface area contributed by atoms with Crippen LogP contribution in [-0.4, -0.2) is 30.7 Å². The second-order valence-corrected chi connectivity index (χ2v) is 6.32. The number of rotatable bonds is 9. The standard InChI is InChI=1S/C21H25NO5/c1-14-11-17(12-15(2)20(14)26-3)21(25)22-13-16-6-8-18(9-7-16)27-10-4-5-19(23)24/h6-9,11-12H,4-5,10,13H2,1-3H3,(H,22,25)(H,23,24). The maximum atomic E-state index is 12.4. The van der Waals surface area contributed by atoms with E-state index in [1.807, 2.05) is 50.2 Å². The molecule has 0 aliphatic carbocycles. The molecule has 0 radical (unpaired) electrons.